The first kappa shape index (κ1) is 59.2. The van der Waals surface area contributed by atoms with E-state index in [-0.39, 0.29) is 97.4 Å². The molecule has 0 bridgehead atoms. The van der Waals surface area contributed by atoms with Crippen LogP contribution in [0.1, 0.15) is 98.0 Å². The monoisotopic (exact) mass is 1340 g/mol. The maximum absolute atomic E-state index is 13.2. The molecule has 20 heteroatoms. The van der Waals surface area contributed by atoms with Gasteiger partial charge in [-0.25, -0.2) is 24.0 Å². The van der Waals surface area contributed by atoms with Crippen LogP contribution >= 0.6 is 0 Å². The summed E-state index contributed by atoms with van der Waals surface area (Å²) in [6.45, 7) is 6.88. The molecule has 5 N–H and O–H groups in total. The molecule has 2 saturated heterocycles. The van der Waals surface area contributed by atoms with Crippen LogP contribution in [0.25, 0.3) is 32.9 Å². The molecule has 0 saturated carbocycles. The fraction of sp³-hybridized carbons (Fsp3) is 0.254. The molecule has 4 heterocycles. The van der Waals surface area contributed by atoms with Crippen LogP contribution in [-0.4, -0.2) is 123 Å². The summed E-state index contributed by atoms with van der Waals surface area (Å²) in [5.41, 5.74) is 7.97. The molecule has 2 fully saturated rings. The zero-order valence-corrected chi connectivity index (χ0v) is 49.9. The van der Waals surface area contributed by atoms with Crippen LogP contribution in [0.2, 0.25) is 0 Å². The van der Waals surface area contributed by atoms with Crippen LogP contribution in [0.15, 0.2) is 146 Å². The van der Waals surface area contributed by atoms with E-state index in [1.165, 1.54) is 46.8 Å². The molecule has 3 aliphatic rings. The topological polar surface area (TPSA) is 237 Å². The predicted molar refractivity (Wildman–Crippen MR) is 313 cm³/mol. The van der Waals surface area contributed by atoms with Crippen LogP contribution in [0, 0.1) is 31.1 Å². The van der Waals surface area contributed by atoms with Crippen molar-refractivity contribution in [3.63, 3.8) is 0 Å². The van der Waals surface area contributed by atoms with Crippen molar-refractivity contribution in [1.29, 1.82) is 1.34 Å². The molecular weight excluding hydrogens is 1280 g/mol. The number of nitrogens with zero attached hydrogens (tertiary/aromatic N) is 3. The minimum atomic E-state index is -1.10. The molecule has 0 atom stereocenters. The van der Waals surface area contributed by atoms with Crippen LogP contribution in [-0.2, 0) is 14.2 Å². The molecule has 0 spiro atoms. The minimum Gasteiger partial charge on any atom is -0.490 e. The number of aromatic carboxylic acids is 2. The number of para-hydroxylation sites is 2. The molecule has 0 unspecified atom stereocenters. The standard InChI is InChI=1S/C39H35N3O7.C24H25N3O5.BH.U/c1-2-47-38(45)32-22-40-34-16-15-25(21-31(34)36(32)41-35-14-8-7-13-30(35)37(43)44)49-24-17-19-42(20-18-24)39(46)48-23-33-28-11-5-3-9-26(28)27-10-4-6-12-29(27)33;1-2-31-24(30)19-14-26-20-8-7-16(32-15-9-11-25-12-10-15)13-18(20)22(19)27-21-6-4-3-5-17(21)23(28)29;;/h3-16,21-22,24,33H,2,17-20,23H2,1H3,(H,40,41)(H,43,44);3-8,13-15,25H,2,9-12H2,1H3,(H,26,27)(H,28,29);1H;/i;;1D;. The number of likely N-dealkylation sites (tertiary alicyclic amines) is 1. The molecule has 2 aliphatic heterocycles. The Morgan fingerprint density at radius 1 is 0.590 bits per heavy atom. The van der Waals surface area contributed by atoms with Gasteiger partial charge in [0.05, 0.1) is 58.1 Å². The summed E-state index contributed by atoms with van der Waals surface area (Å²) in [5.74, 6) is -2.07. The fourth-order valence-electron chi connectivity index (χ4n) is 10.5. The van der Waals surface area contributed by atoms with Crippen molar-refractivity contribution in [2.24, 2.45) is 0 Å². The molecule has 6 aromatic carbocycles. The maximum Gasteiger partial charge on any atom is 0.409 e. The van der Waals surface area contributed by atoms with E-state index in [1.54, 1.807) is 67.3 Å². The first-order valence-corrected chi connectivity index (χ1v) is 27.0. The number of rotatable bonds is 16. The number of piperidine rings is 2. The SMILES string of the molecule is CCOC(=O)c1cnc2ccc(OC3CCN(C(=O)OCC4c5ccccc5-c5ccccc54)CC3)cc2c1Nc1ccccc1C(=O)O.CCOC(=O)c1cnc2ccc(OC3CCNCC3)cc2c1Nc1ccccc1C(=O)O.[2H][B].[U]. The van der Waals surface area contributed by atoms with Crippen LogP contribution < -0.4 is 25.4 Å². The van der Waals surface area contributed by atoms with Crippen molar-refractivity contribution in [3.8, 4) is 22.6 Å². The van der Waals surface area contributed by atoms with E-state index in [9.17, 15) is 34.2 Å². The third kappa shape index (κ3) is 13.9. The third-order valence-electron chi connectivity index (χ3n) is 14.4. The largest absolute Gasteiger partial charge is 0.490 e. The average Bonchev–Trinajstić information content (AvgIpc) is 3.97. The number of carboxylic acid groups (broad SMARTS) is 2. The second-order valence-electron chi connectivity index (χ2n) is 19.5. The van der Waals surface area contributed by atoms with Crippen molar-refractivity contribution in [2.45, 2.75) is 57.7 Å². The van der Waals surface area contributed by atoms with E-state index in [2.05, 4.69) is 58.6 Å². The minimum absolute atomic E-state index is 0. The van der Waals surface area contributed by atoms with Crippen LogP contribution in [0.5, 0.6) is 11.5 Å². The predicted octanol–water partition coefficient (Wildman–Crippen LogP) is 11.0. The Kier molecular flexibility index (Phi) is 20.0. The Morgan fingerprint density at radius 3 is 1.48 bits per heavy atom. The number of anilines is 4. The molecule has 8 aromatic rings. The zero-order valence-electron chi connectivity index (χ0n) is 46.8. The number of carboxylic acids is 2. The van der Waals surface area contributed by atoms with Crippen molar-refractivity contribution >= 4 is 82.9 Å². The summed E-state index contributed by atoms with van der Waals surface area (Å²) in [5, 5.41) is 30.2. The Bertz CT molecular complexity index is 3630. The van der Waals surface area contributed by atoms with Gasteiger partial charge in [0.15, 0.2) is 0 Å². The smallest absolute Gasteiger partial charge is 0.409 e. The number of hydrogen-bond donors (Lipinski definition) is 5. The van der Waals surface area contributed by atoms with Crippen LogP contribution in [0.4, 0.5) is 27.5 Å². The summed E-state index contributed by atoms with van der Waals surface area (Å²) in [4.78, 5) is 73.0. The summed E-state index contributed by atoms with van der Waals surface area (Å²) in [6.07, 6.45) is 5.54. The number of carbonyl (C=O) groups excluding carboxylic acids is 3. The maximum atomic E-state index is 13.2. The van der Waals surface area contributed by atoms with E-state index in [0.717, 1.165) is 25.9 Å². The zero-order chi connectivity index (χ0) is 58.4. The Hall–Kier alpha value is -8.43. The number of pyridine rings is 2. The Morgan fingerprint density at radius 2 is 1.02 bits per heavy atom. The number of ether oxygens (including phenoxy) is 5. The van der Waals surface area contributed by atoms with Gasteiger partial charge in [-0.1, -0.05) is 72.8 Å². The quantitative estimate of drug-likeness (QED) is 0.0343. The van der Waals surface area contributed by atoms with Gasteiger partial charge in [-0.15, -0.1) is 0 Å². The van der Waals surface area contributed by atoms with E-state index in [0.29, 0.717) is 82.0 Å². The summed E-state index contributed by atoms with van der Waals surface area (Å²) in [7, 11) is 3.75. The molecule has 18 nitrogen and oxygen atoms in total. The van der Waals surface area contributed by atoms with Crippen LogP contribution in [0.3, 0.4) is 0 Å². The number of carbonyl (C=O) groups is 5. The molecule has 2 aromatic heterocycles. The van der Waals surface area contributed by atoms with E-state index in [1.807, 2.05) is 48.5 Å². The summed E-state index contributed by atoms with van der Waals surface area (Å²) in [6, 6.07) is 40.4. The van der Waals surface area contributed by atoms with Gasteiger partial charge >= 0.3 is 30.0 Å². The third-order valence-corrected chi connectivity index (χ3v) is 14.4. The van der Waals surface area contributed by atoms with E-state index >= 15 is 0 Å². The van der Waals surface area contributed by atoms with Gasteiger partial charge in [-0.05, 0) is 124 Å². The first-order chi connectivity index (χ1) is 40.5. The van der Waals surface area contributed by atoms with Gasteiger partial charge in [0.1, 0.15) is 41.4 Å². The number of hydrogen-bond acceptors (Lipinski definition) is 15. The second kappa shape index (κ2) is 28.0. The fourth-order valence-corrected chi connectivity index (χ4v) is 10.5. The molecule has 1 amide bonds. The number of benzene rings is 6. The van der Waals surface area contributed by atoms with Gasteiger partial charge in [0.2, 0.25) is 0 Å². The van der Waals surface area contributed by atoms with Gasteiger partial charge in [-0.2, -0.15) is 0 Å². The van der Waals surface area contributed by atoms with Gasteiger partial charge < -0.3 is 54.7 Å². The molecule has 83 heavy (non-hydrogen) atoms. The molecule has 11 rings (SSSR count). The normalized spacial score (nSPS) is 13.9. The van der Waals surface area contributed by atoms with Crippen molar-refractivity contribution in [3.05, 3.63) is 179 Å². The number of aromatic nitrogens is 2. The summed E-state index contributed by atoms with van der Waals surface area (Å²) < 4.78 is 34.2. The van der Waals surface area contributed by atoms with Crippen molar-refractivity contribution in [2.75, 3.05) is 56.6 Å². The molecular formula is C63H61BN6O12U. The first-order valence-electron chi connectivity index (χ1n) is 27.6. The van der Waals surface area contributed by atoms with Crippen molar-refractivity contribution in [1.82, 2.24) is 20.2 Å². The Labute approximate surface area is 506 Å². The van der Waals surface area contributed by atoms with Gasteiger partial charge in [0, 0.05) is 94.5 Å². The Balaban J connectivity index is 0.000000228. The number of nitrogens with one attached hydrogen (secondary N) is 3. The molecule has 1 aliphatic carbocycles. The number of amides is 1. The van der Waals surface area contributed by atoms with Crippen molar-refractivity contribution < 1.29 is 89.0 Å². The molecule has 422 valence electrons. The van der Waals surface area contributed by atoms with E-state index in [4.69, 9.17) is 25.0 Å². The van der Waals surface area contributed by atoms with Gasteiger partial charge in [-0.3, -0.25) is 9.97 Å². The second-order valence-corrected chi connectivity index (χ2v) is 19.5. The van der Waals surface area contributed by atoms with Gasteiger partial charge in [0.25, 0.3) is 0 Å². The van der Waals surface area contributed by atoms with E-state index < -0.39 is 23.9 Å². The number of esters is 2. The average molecular weight is 1340 g/mol. The number of fused-ring (bicyclic) bond motifs is 5. The summed E-state index contributed by atoms with van der Waals surface area (Å²) >= 11 is 0. The molecule has 2 radical (unpaired) electrons.